The quantitative estimate of drug-likeness (QED) is 0.207. The van der Waals surface area contributed by atoms with Gasteiger partial charge < -0.3 is 9.64 Å². The summed E-state index contributed by atoms with van der Waals surface area (Å²) in [6.45, 7) is 5.57. The van der Waals surface area contributed by atoms with Gasteiger partial charge in [0.15, 0.2) is 0 Å². The summed E-state index contributed by atoms with van der Waals surface area (Å²) in [7, 11) is 1.51. The maximum atomic E-state index is 10.9. The second-order valence-electron chi connectivity index (χ2n) is 3.15. The minimum atomic E-state index is -0.582. The molecule has 0 aliphatic carbocycles. The normalized spacial score (nSPS) is 9.20. The molecule has 0 atom stereocenters. The number of esters is 1. The highest BCUT2D eigenvalue weighted by molar-refractivity contribution is 6.23. The minimum Gasteiger partial charge on any atom is -0.462 e. The Bertz CT molecular complexity index is 273. The van der Waals surface area contributed by atoms with Crippen LogP contribution in [0.15, 0.2) is 12.2 Å². The molecule has 0 aliphatic rings. The summed E-state index contributed by atoms with van der Waals surface area (Å²) in [5.74, 6) is -1.03. The molecule has 84 valence electrons. The van der Waals surface area contributed by atoms with Gasteiger partial charge in [-0.2, -0.15) is 0 Å². The zero-order valence-corrected chi connectivity index (χ0v) is 8.99. The van der Waals surface area contributed by atoms with E-state index in [0.29, 0.717) is 18.5 Å². The van der Waals surface area contributed by atoms with Crippen molar-refractivity contribution < 1.29 is 19.1 Å². The number of carbonyl (C=O) groups excluding carboxylic acids is 3. The third-order valence-electron chi connectivity index (χ3n) is 1.70. The lowest BCUT2D eigenvalue weighted by molar-refractivity contribution is -0.140. The maximum absolute atomic E-state index is 10.9. The van der Waals surface area contributed by atoms with Gasteiger partial charge in [0.25, 0.3) is 5.91 Å². The summed E-state index contributed by atoms with van der Waals surface area (Å²) in [4.78, 5) is 33.1. The van der Waals surface area contributed by atoms with E-state index >= 15 is 0 Å². The van der Waals surface area contributed by atoms with Crippen molar-refractivity contribution in [3.8, 4) is 0 Å². The van der Waals surface area contributed by atoms with Crippen LogP contribution < -0.4 is 0 Å². The van der Waals surface area contributed by atoms with Crippen molar-refractivity contribution in [2.24, 2.45) is 0 Å². The van der Waals surface area contributed by atoms with Crippen molar-refractivity contribution in [2.75, 3.05) is 20.2 Å². The maximum Gasteiger partial charge on any atom is 0.333 e. The Morgan fingerprint density at radius 1 is 1.47 bits per heavy atom. The fourth-order valence-electron chi connectivity index (χ4n) is 0.790. The lowest BCUT2D eigenvalue weighted by Crippen LogP contribution is -2.29. The van der Waals surface area contributed by atoms with E-state index in [0.717, 1.165) is 0 Å². The summed E-state index contributed by atoms with van der Waals surface area (Å²) in [6, 6.07) is 0. The Labute approximate surface area is 88.7 Å². The largest absolute Gasteiger partial charge is 0.462 e. The molecule has 0 spiro atoms. The molecule has 1 amide bonds. The standard InChI is InChI=1S/C10H15NO4/c1-8(2)10(14)15-6-4-5-11(3)9(13)7-12/h7H,1,4-6H2,2-3H3. The molecule has 0 fully saturated rings. The van der Waals surface area contributed by atoms with Crippen LogP contribution in [0.5, 0.6) is 0 Å². The van der Waals surface area contributed by atoms with Crippen LogP contribution >= 0.6 is 0 Å². The number of amides is 1. The van der Waals surface area contributed by atoms with Crippen molar-refractivity contribution in [3.63, 3.8) is 0 Å². The molecule has 0 aliphatic heterocycles. The first kappa shape index (κ1) is 13.4. The predicted molar refractivity (Wildman–Crippen MR) is 54.1 cm³/mol. The van der Waals surface area contributed by atoms with Crippen LogP contribution in [0.25, 0.3) is 0 Å². The van der Waals surface area contributed by atoms with E-state index in [4.69, 9.17) is 4.74 Å². The van der Waals surface area contributed by atoms with Gasteiger partial charge in [-0.05, 0) is 13.3 Å². The van der Waals surface area contributed by atoms with Gasteiger partial charge in [0.05, 0.1) is 6.61 Å². The second-order valence-corrected chi connectivity index (χ2v) is 3.15. The zero-order valence-electron chi connectivity index (χ0n) is 8.99. The smallest absolute Gasteiger partial charge is 0.333 e. The fraction of sp³-hybridized carbons (Fsp3) is 0.500. The van der Waals surface area contributed by atoms with Gasteiger partial charge in [-0.25, -0.2) is 4.79 Å². The number of likely N-dealkylation sites (N-methyl/N-ethyl adjacent to an activating group) is 1. The monoisotopic (exact) mass is 213 g/mol. The van der Waals surface area contributed by atoms with Crippen LogP contribution in [-0.2, 0) is 19.1 Å². The van der Waals surface area contributed by atoms with Crippen LogP contribution in [0.2, 0.25) is 0 Å². The average Bonchev–Trinajstić information content (AvgIpc) is 2.22. The topological polar surface area (TPSA) is 63.7 Å². The Balaban J connectivity index is 3.63. The first-order valence-corrected chi connectivity index (χ1v) is 4.52. The summed E-state index contributed by atoms with van der Waals surface area (Å²) >= 11 is 0. The summed E-state index contributed by atoms with van der Waals surface area (Å²) < 4.78 is 4.80. The van der Waals surface area contributed by atoms with Crippen LogP contribution in [0.4, 0.5) is 0 Å². The number of aldehydes is 1. The molecule has 15 heavy (non-hydrogen) atoms. The number of nitrogens with zero attached hydrogens (tertiary/aromatic N) is 1. The van der Waals surface area contributed by atoms with E-state index in [-0.39, 0.29) is 12.9 Å². The van der Waals surface area contributed by atoms with E-state index < -0.39 is 11.9 Å². The fourth-order valence-corrected chi connectivity index (χ4v) is 0.790. The average molecular weight is 213 g/mol. The number of hydrogen-bond donors (Lipinski definition) is 0. The summed E-state index contributed by atoms with van der Waals surface area (Å²) in [6.07, 6.45) is 0.745. The van der Waals surface area contributed by atoms with Crippen LogP contribution in [-0.4, -0.2) is 43.3 Å². The molecular formula is C10H15NO4. The number of ether oxygens (including phenoxy) is 1. The first-order chi connectivity index (χ1) is 6.99. The van der Waals surface area contributed by atoms with E-state index in [1.807, 2.05) is 0 Å². The molecule has 0 unspecified atom stereocenters. The van der Waals surface area contributed by atoms with Crippen molar-refractivity contribution in [3.05, 3.63) is 12.2 Å². The molecule has 0 rings (SSSR count). The summed E-state index contributed by atoms with van der Waals surface area (Å²) in [5, 5.41) is 0. The molecule has 0 aromatic carbocycles. The number of carbonyl (C=O) groups is 3. The Kier molecular flexibility index (Phi) is 6.01. The van der Waals surface area contributed by atoms with Gasteiger partial charge in [-0.3, -0.25) is 9.59 Å². The number of rotatable bonds is 6. The first-order valence-electron chi connectivity index (χ1n) is 4.52. The van der Waals surface area contributed by atoms with Gasteiger partial charge in [0, 0.05) is 19.2 Å². The molecule has 0 saturated heterocycles. The van der Waals surface area contributed by atoms with Gasteiger partial charge in [-0.1, -0.05) is 6.58 Å². The Morgan fingerprint density at radius 3 is 2.53 bits per heavy atom. The van der Waals surface area contributed by atoms with Crippen molar-refractivity contribution >= 4 is 18.2 Å². The molecule has 5 nitrogen and oxygen atoms in total. The van der Waals surface area contributed by atoms with Gasteiger partial charge in [0.2, 0.25) is 6.29 Å². The Morgan fingerprint density at radius 2 is 2.07 bits per heavy atom. The molecule has 0 heterocycles. The van der Waals surface area contributed by atoms with Crippen LogP contribution in [0.1, 0.15) is 13.3 Å². The summed E-state index contributed by atoms with van der Waals surface area (Å²) in [5.41, 5.74) is 0.340. The Hall–Kier alpha value is -1.65. The highest BCUT2D eigenvalue weighted by Crippen LogP contribution is 1.94. The third-order valence-corrected chi connectivity index (χ3v) is 1.70. The molecule has 0 radical (unpaired) electrons. The molecule has 0 saturated carbocycles. The van der Waals surface area contributed by atoms with Gasteiger partial charge in [-0.15, -0.1) is 0 Å². The van der Waals surface area contributed by atoms with E-state index in [9.17, 15) is 14.4 Å². The molecule has 5 heteroatoms. The van der Waals surface area contributed by atoms with Gasteiger partial charge >= 0.3 is 5.97 Å². The number of hydrogen-bond acceptors (Lipinski definition) is 4. The van der Waals surface area contributed by atoms with Crippen LogP contribution in [0.3, 0.4) is 0 Å². The lowest BCUT2D eigenvalue weighted by Gasteiger charge is -2.13. The lowest BCUT2D eigenvalue weighted by atomic mass is 10.3. The molecular weight excluding hydrogens is 198 g/mol. The van der Waals surface area contributed by atoms with Crippen LogP contribution in [0, 0.1) is 0 Å². The van der Waals surface area contributed by atoms with Crippen molar-refractivity contribution in [1.82, 2.24) is 4.90 Å². The van der Waals surface area contributed by atoms with E-state index in [2.05, 4.69) is 6.58 Å². The van der Waals surface area contributed by atoms with E-state index in [1.54, 1.807) is 6.92 Å². The SMILES string of the molecule is C=C(C)C(=O)OCCCN(C)C(=O)C=O. The molecule has 0 aromatic heterocycles. The van der Waals surface area contributed by atoms with Gasteiger partial charge in [0.1, 0.15) is 0 Å². The van der Waals surface area contributed by atoms with Crippen molar-refractivity contribution in [2.45, 2.75) is 13.3 Å². The molecule has 0 N–H and O–H groups in total. The molecule has 0 aromatic rings. The highest BCUT2D eigenvalue weighted by atomic mass is 16.5. The second kappa shape index (κ2) is 6.75. The highest BCUT2D eigenvalue weighted by Gasteiger charge is 2.07. The molecule has 0 bridgehead atoms. The predicted octanol–water partition coefficient (Wildman–Crippen LogP) is 0.153. The minimum absolute atomic E-state index is 0.210. The van der Waals surface area contributed by atoms with Crippen molar-refractivity contribution in [1.29, 1.82) is 0 Å². The zero-order chi connectivity index (χ0) is 11.8. The third kappa shape index (κ3) is 5.61. The van der Waals surface area contributed by atoms with E-state index in [1.165, 1.54) is 11.9 Å².